The summed E-state index contributed by atoms with van der Waals surface area (Å²) in [7, 11) is 1.89. The molecule has 1 aromatic rings. The minimum absolute atomic E-state index is 0.259. The molecule has 0 aromatic carbocycles. The molecule has 0 radical (unpaired) electrons. The Bertz CT molecular complexity index is 328. The van der Waals surface area contributed by atoms with E-state index in [0.717, 1.165) is 19.0 Å². The summed E-state index contributed by atoms with van der Waals surface area (Å²) in [6.45, 7) is 6.13. The lowest BCUT2D eigenvalue weighted by atomic mass is 10.1. The lowest BCUT2D eigenvalue weighted by Gasteiger charge is -2.18. The maximum atomic E-state index is 5.27. The van der Waals surface area contributed by atoms with Crippen LogP contribution in [0.15, 0.2) is 4.52 Å². The molecule has 0 amide bonds. The van der Waals surface area contributed by atoms with Crippen molar-refractivity contribution in [1.29, 1.82) is 0 Å². The molecule has 5 heteroatoms. The summed E-state index contributed by atoms with van der Waals surface area (Å²) in [6, 6.07) is 0. The van der Waals surface area contributed by atoms with Gasteiger partial charge in [-0.3, -0.25) is 0 Å². The molecule has 0 bridgehead atoms. The van der Waals surface area contributed by atoms with E-state index in [0.29, 0.717) is 5.89 Å². The van der Waals surface area contributed by atoms with Crippen molar-refractivity contribution in [2.24, 2.45) is 0 Å². The van der Waals surface area contributed by atoms with Crippen molar-refractivity contribution in [3.8, 4) is 0 Å². The molecule has 1 aliphatic rings. The Labute approximate surface area is 89.8 Å². The minimum Gasteiger partial charge on any atom is -0.338 e. The van der Waals surface area contributed by atoms with Gasteiger partial charge in [0.05, 0.1) is 5.54 Å². The maximum Gasteiger partial charge on any atom is 0.266 e. The van der Waals surface area contributed by atoms with Crippen molar-refractivity contribution >= 4 is 5.95 Å². The molecule has 1 fully saturated rings. The average Bonchev–Trinajstić information content (AvgIpc) is 2.88. The van der Waals surface area contributed by atoms with Crippen LogP contribution in [0.1, 0.15) is 32.6 Å². The van der Waals surface area contributed by atoms with Gasteiger partial charge in [0.1, 0.15) is 0 Å². The van der Waals surface area contributed by atoms with Crippen LogP contribution in [0, 0.1) is 0 Å². The molecule has 84 valence electrons. The van der Waals surface area contributed by atoms with E-state index in [2.05, 4.69) is 20.4 Å². The summed E-state index contributed by atoms with van der Waals surface area (Å²) >= 11 is 0. The number of rotatable bonds is 3. The number of anilines is 1. The van der Waals surface area contributed by atoms with Crippen LogP contribution in [0.4, 0.5) is 5.95 Å². The highest BCUT2D eigenvalue weighted by Gasteiger charge is 2.27. The minimum atomic E-state index is -0.259. The van der Waals surface area contributed by atoms with Gasteiger partial charge < -0.3 is 14.7 Å². The van der Waals surface area contributed by atoms with Crippen LogP contribution in [0.3, 0.4) is 0 Å². The molecule has 1 N–H and O–H groups in total. The van der Waals surface area contributed by atoms with E-state index in [1.807, 2.05) is 20.9 Å². The van der Waals surface area contributed by atoms with Crippen LogP contribution < -0.4 is 10.2 Å². The van der Waals surface area contributed by atoms with Crippen LogP contribution >= 0.6 is 0 Å². The van der Waals surface area contributed by atoms with Crippen LogP contribution in [0.5, 0.6) is 0 Å². The Balaban J connectivity index is 2.16. The first-order valence-corrected chi connectivity index (χ1v) is 5.41. The van der Waals surface area contributed by atoms with E-state index in [-0.39, 0.29) is 5.54 Å². The first-order chi connectivity index (χ1) is 7.13. The quantitative estimate of drug-likeness (QED) is 0.810. The van der Waals surface area contributed by atoms with Gasteiger partial charge in [0.2, 0.25) is 5.89 Å². The number of nitrogens with one attached hydrogen (secondary N) is 1. The zero-order valence-corrected chi connectivity index (χ0v) is 9.58. The largest absolute Gasteiger partial charge is 0.338 e. The molecule has 0 unspecified atom stereocenters. The Hall–Kier alpha value is -1.10. The summed E-state index contributed by atoms with van der Waals surface area (Å²) in [5.41, 5.74) is -0.259. The predicted octanol–water partition coefficient (Wildman–Crippen LogP) is 1.12. The maximum absolute atomic E-state index is 5.27. The molecule has 15 heavy (non-hydrogen) atoms. The van der Waals surface area contributed by atoms with Gasteiger partial charge in [-0.15, -0.1) is 0 Å². The topological polar surface area (TPSA) is 54.2 Å². The van der Waals surface area contributed by atoms with Gasteiger partial charge >= 0.3 is 0 Å². The molecule has 0 saturated carbocycles. The highest BCUT2D eigenvalue weighted by atomic mass is 16.5. The lowest BCUT2D eigenvalue weighted by Crippen LogP contribution is -2.33. The molecule has 1 aliphatic heterocycles. The number of hydrogen-bond donors (Lipinski definition) is 1. The number of hydrogen-bond acceptors (Lipinski definition) is 5. The molecule has 2 heterocycles. The van der Waals surface area contributed by atoms with E-state index < -0.39 is 0 Å². The first-order valence-electron chi connectivity index (χ1n) is 5.41. The van der Waals surface area contributed by atoms with Crippen LogP contribution in [-0.4, -0.2) is 30.3 Å². The Morgan fingerprint density at radius 2 is 2.00 bits per heavy atom. The fourth-order valence-corrected chi connectivity index (χ4v) is 1.62. The van der Waals surface area contributed by atoms with Crippen molar-refractivity contribution in [2.45, 2.75) is 32.2 Å². The van der Waals surface area contributed by atoms with Gasteiger partial charge in [-0.2, -0.15) is 4.98 Å². The highest BCUT2D eigenvalue weighted by molar-refractivity contribution is 5.29. The summed E-state index contributed by atoms with van der Waals surface area (Å²) in [6.07, 6.45) is 2.44. The molecule has 2 rings (SSSR count). The SMILES string of the molecule is CNC(C)(C)c1nc(N2CCCC2)no1. The zero-order chi connectivity index (χ0) is 10.9. The fraction of sp³-hybridized carbons (Fsp3) is 0.800. The van der Waals surface area contributed by atoms with E-state index in [1.165, 1.54) is 12.8 Å². The normalized spacial score (nSPS) is 17.4. The number of aromatic nitrogens is 2. The lowest BCUT2D eigenvalue weighted by molar-refractivity contribution is 0.280. The third-order valence-electron chi connectivity index (χ3n) is 2.96. The van der Waals surface area contributed by atoms with Crippen molar-refractivity contribution in [3.63, 3.8) is 0 Å². The average molecular weight is 210 g/mol. The predicted molar refractivity (Wildman–Crippen MR) is 57.8 cm³/mol. The second-order valence-corrected chi connectivity index (χ2v) is 4.47. The molecular weight excluding hydrogens is 192 g/mol. The zero-order valence-electron chi connectivity index (χ0n) is 9.58. The summed E-state index contributed by atoms with van der Waals surface area (Å²) < 4.78 is 5.27. The number of nitrogens with zero attached hydrogens (tertiary/aromatic N) is 3. The molecule has 0 spiro atoms. The van der Waals surface area contributed by atoms with Gasteiger partial charge in [-0.25, -0.2) is 0 Å². The van der Waals surface area contributed by atoms with E-state index in [1.54, 1.807) is 0 Å². The third kappa shape index (κ3) is 1.97. The van der Waals surface area contributed by atoms with Crippen LogP contribution in [-0.2, 0) is 5.54 Å². The summed E-state index contributed by atoms with van der Waals surface area (Å²) in [5, 5.41) is 7.16. The third-order valence-corrected chi connectivity index (χ3v) is 2.96. The molecule has 0 aliphatic carbocycles. The van der Waals surface area contributed by atoms with E-state index in [9.17, 15) is 0 Å². The summed E-state index contributed by atoms with van der Waals surface area (Å²) in [4.78, 5) is 6.59. The van der Waals surface area contributed by atoms with E-state index in [4.69, 9.17) is 4.52 Å². The van der Waals surface area contributed by atoms with Crippen LogP contribution in [0.2, 0.25) is 0 Å². The van der Waals surface area contributed by atoms with Gasteiger partial charge in [0.25, 0.3) is 5.95 Å². The van der Waals surface area contributed by atoms with Crippen molar-refractivity contribution < 1.29 is 4.52 Å². The van der Waals surface area contributed by atoms with Gasteiger partial charge in [-0.05, 0) is 38.9 Å². The molecule has 5 nitrogen and oxygen atoms in total. The fourth-order valence-electron chi connectivity index (χ4n) is 1.62. The van der Waals surface area contributed by atoms with Gasteiger partial charge in [-0.1, -0.05) is 0 Å². The Morgan fingerprint density at radius 3 is 2.60 bits per heavy atom. The second-order valence-electron chi connectivity index (χ2n) is 4.47. The van der Waals surface area contributed by atoms with Gasteiger partial charge in [0.15, 0.2) is 0 Å². The van der Waals surface area contributed by atoms with Gasteiger partial charge in [0, 0.05) is 13.1 Å². The molecular formula is C10H18N4O. The van der Waals surface area contributed by atoms with E-state index >= 15 is 0 Å². The second kappa shape index (κ2) is 3.81. The Morgan fingerprint density at radius 1 is 1.33 bits per heavy atom. The highest BCUT2D eigenvalue weighted by Crippen LogP contribution is 2.22. The van der Waals surface area contributed by atoms with Crippen molar-refractivity contribution in [3.05, 3.63) is 5.89 Å². The monoisotopic (exact) mass is 210 g/mol. The molecule has 1 aromatic heterocycles. The molecule has 1 saturated heterocycles. The Kier molecular flexibility index (Phi) is 2.65. The van der Waals surface area contributed by atoms with Crippen molar-refractivity contribution in [1.82, 2.24) is 15.5 Å². The summed E-state index contributed by atoms with van der Waals surface area (Å²) in [5.74, 6) is 1.37. The standard InChI is InChI=1S/C10H18N4O/c1-10(2,11-3)8-12-9(13-15-8)14-6-4-5-7-14/h11H,4-7H2,1-3H3. The van der Waals surface area contributed by atoms with Crippen molar-refractivity contribution in [2.75, 3.05) is 25.0 Å². The molecule has 0 atom stereocenters. The first kappa shape index (κ1) is 10.4. The smallest absolute Gasteiger partial charge is 0.266 e. The van der Waals surface area contributed by atoms with Crippen LogP contribution in [0.25, 0.3) is 0 Å².